The van der Waals surface area contributed by atoms with E-state index in [4.69, 9.17) is 11.6 Å². The van der Waals surface area contributed by atoms with Crippen LogP contribution in [0.4, 0.5) is 11.9 Å². The molecule has 3 rings (SSSR count). The molecule has 0 aliphatic heterocycles. The van der Waals surface area contributed by atoms with Crippen molar-refractivity contribution >= 4 is 23.5 Å². The number of benzene rings is 1. The second-order valence-corrected chi connectivity index (χ2v) is 5.13. The van der Waals surface area contributed by atoms with Gasteiger partial charge in [-0.15, -0.1) is 0 Å². The van der Waals surface area contributed by atoms with E-state index in [2.05, 4.69) is 49.9 Å². The van der Waals surface area contributed by atoms with Crippen LogP contribution in [0.3, 0.4) is 0 Å². The molecule has 1 aromatic carbocycles. The lowest BCUT2D eigenvalue weighted by atomic mass is 9.88. The molecule has 0 bridgehead atoms. The van der Waals surface area contributed by atoms with Gasteiger partial charge in [0.25, 0.3) is 0 Å². The summed E-state index contributed by atoms with van der Waals surface area (Å²) in [6.07, 6.45) is 3.36. The summed E-state index contributed by atoms with van der Waals surface area (Å²) in [5.74, 6) is 0.979. The van der Waals surface area contributed by atoms with Crippen molar-refractivity contribution in [2.75, 3.05) is 17.7 Å². The van der Waals surface area contributed by atoms with Crippen LogP contribution >= 0.6 is 11.6 Å². The molecule has 5 nitrogen and oxygen atoms in total. The first-order valence-electron chi connectivity index (χ1n) is 6.70. The first kappa shape index (κ1) is 13.1. The van der Waals surface area contributed by atoms with Crippen molar-refractivity contribution in [2.45, 2.75) is 25.3 Å². The molecule has 104 valence electrons. The van der Waals surface area contributed by atoms with Gasteiger partial charge in [-0.3, -0.25) is 0 Å². The molecule has 0 radical (unpaired) electrons. The van der Waals surface area contributed by atoms with Crippen LogP contribution in [0.25, 0.3) is 0 Å². The summed E-state index contributed by atoms with van der Waals surface area (Å²) < 4.78 is 0. The van der Waals surface area contributed by atoms with Gasteiger partial charge in [-0.1, -0.05) is 24.3 Å². The van der Waals surface area contributed by atoms with Crippen molar-refractivity contribution in [3.63, 3.8) is 0 Å². The Kier molecular flexibility index (Phi) is 3.69. The minimum Gasteiger partial charge on any atom is -0.357 e. The maximum Gasteiger partial charge on any atom is 0.229 e. The standard InChI is InChI=1S/C14H16ClN5/c1-16-13-18-12(15)19-14(20-13)17-11-8-4-6-9-5-2-3-7-10(9)11/h2-3,5,7,11H,4,6,8H2,1H3,(H2,16,17,18,19,20). The molecule has 0 spiro atoms. The SMILES string of the molecule is CNc1nc(Cl)nc(NC2CCCc3ccccc32)n1. The average Bonchev–Trinajstić information content (AvgIpc) is 2.47. The zero-order chi connectivity index (χ0) is 13.9. The zero-order valence-electron chi connectivity index (χ0n) is 11.2. The molecular weight excluding hydrogens is 274 g/mol. The van der Waals surface area contributed by atoms with Crippen LogP contribution in [0.1, 0.15) is 30.0 Å². The fourth-order valence-electron chi connectivity index (χ4n) is 2.59. The van der Waals surface area contributed by atoms with Crippen LogP contribution < -0.4 is 10.6 Å². The highest BCUT2D eigenvalue weighted by molar-refractivity contribution is 6.28. The Hall–Kier alpha value is -1.88. The van der Waals surface area contributed by atoms with E-state index in [0.29, 0.717) is 11.9 Å². The third kappa shape index (κ3) is 2.67. The van der Waals surface area contributed by atoms with Gasteiger partial charge in [0.15, 0.2) is 0 Å². The molecule has 1 aliphatic carbocycles. The van der Waals surface area contributed by atoms with E-state index in [0.717, 1.165) is 19.3 Å². The molecule has 1 heterocycles. The van der Waals surface area contributed by atoms with E-state index < -0.39 is 0 Å². The van der Waals surface area contributed by atoms with Gasteiger partial charge in [-0.25, -0.2) is 0 Å². The smallest absolute Gasteiger partial charge is 0.229 e. The first-order chi connectivity index (χ1) is 9.76. The lowest BCUT2D eigenvalue weighted by molar-refractivity contribution is 0.596. The highest BCUT2D eigenvalue weighted by Gasteiger charge is 2.20. The predicted molar refractivity (Wildman–Crippen MR) is 80.1 cm³/mol. The van der Waals surface area contributed by atoms with Crippen LogP contribution in [0.5, 0.6) is 0 Å². The number of aryl methyl sites for hydroxylation is 1. The van der Waals surface area contributed by atoms with Crippen molar-refractivity contribution in [3.8, 4) is 0 Å². The molecule has 0 saturated heterocycles. The van der Waals surface area contributed by atoms with Crippen molar-refractivity contribution in [1.82, 2.24) is 15.0 Å². The molecule has 1 unspecified atom stereocenters. The van der Waals surface area contributed by atoms with Gasteiger partial charge in [0.1, 0.15) is 0 Å². The Balaban J connectivity index is 1.87. The lowest BCUT2D eigenvalue weighted by Gasteiger charge is -2.26. The Labute approximate surface area is 122 Å². The van der Waals surface area contributed by atoms with E-state index in [9.17, 15) is 0 Å². The van der Waals surface area contributed by atoms with Crippen LogP contribution in [0, 0.1) is 0 Å². The second kappa shape index (κ2) is 5.63. The lowest BCUT2D eigenvalue weighted by Crippen LogP contribution is -2.19. The summed E-state index contributed by atoms with van der Waals surface area (Å²) in [6, 6.07) is 8.72. The topological polar surface area (TPSA) is 62.7 Å². The van der Waals surface area contributed by atoms with E-state index in [1.165, 1.54) is 11.1 Å². The minimum absolute atomic E-state index is 0.191. The number of nitrogens with one attached hydrogen (secondary N) is 2. The Morgan fingerprint density at radius 2 is 1.95 bits per heavy atom. The molecule has 0 fully saturated rings. The van der Waals surface area contributed by atoms with Crippen LogP contribution in [-0.2, 0) is 6.42 Å². The van der Waals surface area contributed by atoms with Gasteiger partial charge in [0.05, 0.1) is 6.04 Å². The number of nitrogens with zero attached hydrogens (tertiary/aromatic N) is 3. The fraction of sp³-hybridized carbons (Fsp3) is 0.357. The van der Waals surface area contributed by atoms with Gasteiger partial charge in [0, 0.05) is 7.05 Å². The van der Waals surface area contributed by atoms with Gasteiger partial charge < -0.3 is 10.6 Å². The Morgan fingerprint density at radius 1 is 1.15 bits per heavy atom. The molecule has 1 atom stereocenters. The van der Waals surface area contributed by atoms with Gasteiger partial charge in [-0.05, 0) is 42.0 Å². The average molecular weight is 290 g/mol. The third-order valence-corrected chi connectivity index (χ3v) is 3.67. The molecule has 0 amide bonds. The van der Waals surface area contributed by atoms with Crippen LogP contribution in [0.2, 0.25) is 5.28 Å². The van der Waals surface area contributed by atoms with Gasteiger partial charge >= 0.3 is 0 Å². The number of halogens is 1. The summed E-state index contributed by atoms with van der Waals surface area (Å²) in [6.45, 7) is 0. The number of hydrogen-bond acceptors (Lipinski definition) is 5. The molecule has 6 heteroatoms. The van der Waals surface area contributed by atoms with Crippen molar-refractivity contribution in [3.05, 3.63) is 40.7 Å². The molecule has 2 N–H and O–H groups in total. The molecule has 0 saturated carbocycles. The summed E-state index contributed by atoms with van der Waals surface area (Å²) in [5.41, 5.74) is 2.71. The third-order valence-electron chi connectivity index (χ3n) is 3.50. The maximum atomic E-state index is 5.90. The van der Waals surface area contributed by atoms with E-state index in [-0.39, 0.29) is 11.3 Å². The van der Waals surface area contributed by atoms with E-state index in [1.807, 2.05) is 0 Å². The normalized spacial score (nSPS) is 17.4. The quantitative estimate of drug-likeness (QED) is 0.909. The first-order valence-corrected chi connectivity index (χ1v) is 7.08. The fourth-order valence-corrected chi connectivity index (χ4v) is 2.75. The highest BCUT2D eigenvalue weighted by Crippen LogP contribution is 2.31. The van der Waals surface area contributed by atoms with Crippen LogP contribution in [-0.4, -0.2) is 22.0 Å². The monoisotopic (exact) mass is 289 g/mol. The van der Waals surface area contributed by atoms with E-state index >= 15 is 0 Å². The number of fused-ring (bicyclic) bond motifs is 1. The molecular formula is C14H16ClN5. The zero-order valence-corrected chi connectivity index (χ0v) is 12.0. The second-order valence-electron chi connectivity index (χ2n) is 4.79. The summed E-state index contributed by atoms with van der Waals surface area (Å²) in [5, 5.41) is 6.43. The molecule has 1 aliphatic rings. The van der Waals surface area contributed by atoms with Crippen molar-refractivity contribution in [1.29, 1.82) is 0 Å². The van der Waals surface area contributed by atoms with Crippen molar-refractivity contribution in [2.24, 2.45) is 0 Å². The Morgan fingerprint density at radius 3 is 2.80 bits per heavy atom. The number of rotatable bonds is 3. The largest absolute Gasteiger partial charge is 0.357 e. The van der Waals surface area contributed by atoms with Gasteiger partial charge in [-0.2, -0.15) is 15.0 Å². The van der Waals surface area contributed by atoms with Crippen molar-refractivity contribution < 1.29 is 0 Å². The van der Waals surface area contributed by atoms with Gasteiger partial charge in [0.2, 0.25) is 17.2 Å². The molecule has 2 aromatic rings. The minimum atomic E-state index is 0.191. The van der Waals surface area contributed by atoms with E-state index in [1.54, 1.807) is 7.05 Å². The van der Waals surface area contributed by atoms with Crippen LogP contribution in [0.15, 0.2) is 24.3 Å². The number of anilines is 2. The molecule has 20 heavy (non-hydrogen) atoms. The summed E-state index contributed by atoms with van der Waals surface area (Å²) >= 11 is 5.90. The summed E-state index contributed by atoms with van der Waals surface area (Å²) in [4.78, 5) is 12.4. The highest BCUT2D eigenvalue weighted by atomic mass is 35.5. The predicted octanol–water partition coefficient (Wildman–Crippen LogP) is 3.06. The molecule has 1 aromatic heterocycles. The maximum absolute atomic E-state index is 5.90. The summed E-state index contributed by atoms with van der Waals surface area (Å²) in [7, 11) is 1.76. The Bertz CT molecular complexity index is 616. The number of aromatic nitrogens is 3. The number of hydrogen-bond donors (Lipinski definition) is 2.